The maximum absolute atomic E-state index is 14.0. The average Bonchev–Trinajstić information content (AvgIpc) is 3.33. The number of pyridine rings is 1. The Morgan fingerprint density at radius 2 is 1.89 bits per heavy atom. The van der Waals surface area contributed by atoms with Gasteiger partial charge in [-0.15, -0.1) is 11.3 Å². The number of nitrogens with two attached hydrogens (primary N) is 1. The van der Waals surface area contributed by atoms with E-state index in [1.807, 2.05) is 38.1 Å². The first kappa shape index (κ1) is 27.9. The highest BCUT2D eigenvalue weighted by Crippen LogP contribution is 2.27. The Kier molecular flexibility index (Phi) is 8.59. The van der Waals surface area contributed by atoms with E-state index in [0.29, 0.717) is 24.1 Å². The number of thiophene rings is 1. The number of ketones is 1. The molecule has 1 fully saturated rings. The van der Waals surface area contributed by atoms with Crippen molar-refractivity contribution in [1.82, 2.24) is 15.2 Å². The molecular formula is C27H32N4O5S2. The smallest absolute Gasteiger partial charge is 0.262 e. The van der Waals surface area contributed by atoms with Crippen LogP contribution in [0.15, 0.2) is 59.8 Å². The van der Waals surface area contributed by atoms with Crippen LogP contribution < -0.4 is 11.1 Å². The molecule has 0 spiro atoms. The number of likely N-dealkylation sites (tertiary alicyclic amines) is 1. The maximum Gasteiger partial charge on any atom is 0.262 e. The van der Waals surface area contributed by atoms with Crippen molar-refractivity contribution in [3.8, 4) is 0 Å². The Morgan fingerprint density at radius 1 is 1.16 bits per heavy atom. The third-order valence-electron chi connectivity index (χ3n) is 6.52. The number of nitrogens with zero attached hydrogens (tertiary/aromatic N) is 2. The monoisotopic (exact) mass is 556 g/mol. The lowest BCUT2D eigenvalue weighted by atomic mass is 9.99. The minimum absolute atomic E-state index is 0.00483. The van der Waals surface area contributed by atoms with E-state index in [4.69, 9.17) is 5.73 Å². The zero-order chi connectivity index (χ0) is 27.4. The summed E-state index contributed by atoms with van der Waals surface area (Å²) in [4.78, 5) is 46.1. The van der Waals surface area contributed by atoms with Gasteiger partial charge in [-0.05, 0) is 61.3 Å². The topological polar surface area (TPSA) is 140 Å². The van der Waals surface area contributed by atoms with Gasteiger partial charge in [-0.25, -0.2) is 13.4 Å². The number of carbonyl (C=O) groups is 3. The molecule has 3 N–H and O–H groups in total. The van der Waals surface area contributed by atoms with Gasteiger partial charge in [0.2, 0.25) is 21.1 Å². The van der Waals surface area contributed by atoms with Crippen molar-refractivity contribution in [1.29, 1.82) is 0 Å². The van der Waals surface area contributed by atoms with E-state index >= 15 is 0 Å². The molecule has 1 aliphatic rings. The van der Waals surface area contributed by atoms with E-state index < -0.39 is 44.9 Å². The lowest BCUT2D eigenvalue weighted by molar-refractivity contribution is -0.139. The second-order valence-corrected chi connectivity index (χ2v) is 12.9. The second kappa shape index (κ2) is 11.7. The summed E-state index contributed by atoms with van der Waals surface area (Å²) in [6.45, 7) is 3.85. The van der Waals surface area contributed by atoms with Gasteiger partial charge in [0.05, 0.1) is 10.9 Å². The van der Waals surface area contributed by atoms with Gasteiger partial charge >= 0.3 is 0 Å². The van der Waals surface area contributed by atoms with E-state index in [2.05, 4.69) is 10.3 Å². The average molecular weight is 557 g/mol. The first-order valence-electron chi connectivity index (χ1n) is 12.6. The zero-order valence-electron chi connectivity index (χ0n) is 21.4. The number of rotatable bonds is 7. The molecule has 0 radical (unpaired) electrons. The van der Waals surface area contributed by atoms with Crippen LogP contribution in [0.4, 0.5) is 0 Å². The first-order chi connectivity index (χ1) is 18.1. The molecule has 2 aromatic heterocycles. The fourth-order valence-electron chi connectivity index (χ4n) is 4.63. The van der Waals surface area contributed by atoms with E-state index in [-0.39, 0.29) is 23.9 Å². The number of aromatic nitrogens is 1. The standard InChI is InChI=1S/C27H32N4O5S2/c1-17(2)15-20(30-25(33)22-16-18-9-3-4-11-21(18)37-22)26(34)31-14-8-6-10-19(28)24(32)27(31)38(35,36)23-12-5-7-13-29-23/h3-5,7,9,11-13,16-17,19-20,27H,6,8,10,14-15,28H2,1-2H3,(H,30,33)/t19?,20-,27?/m0/s1. The summed E-state index contributed by atoms with van der Waals surface area (Å²) >= 11 is 1.31. The third kappa shape index (κ3) is 5.95. The summed E-state index contributed by atoms with van der Waals surface area (Å²) in [5.41, 5.74) is 6.08. The number of Topliss-reactive ketones (excluding diaryl/α,β-unsaturated/α-hetero) is 1. The predicted octanol–water partition coefficient (Wildman–Crippen LogP) is 3.15. The van der Waals surface area contributed by atoms with Crippen molar-refractivity contribution in [2.45, 2.75) is 62.0 Å². The summed E-state index contributed by atoms with van der Waals surface area (Å²) in [7, 11) is -4.38. The molecule has 4 rings (SSSR count). The minimum atomic E-state index is -4.38. The molecular weight excluding hydrogens is 524 g/mol. The molecule has 1 aromatic carbocycles. The lowest BCUT2D eigenvalue weighted by Crippen LogP contribution is -2.60. The van der Waals surface area contributed by atoms with Crippen LogP contribution in [-0.2, 0) is 19.4 Å². The third-order valence-corrected chi connectivity index (χ3v) is 9.54. The highest BCUT2D eigenvalue weighted by molar-refractivity contribution is 7.92. The molecule has 2 unspecified atom stereocenters. The van der Waals surface area contributed by atoms with Crippen LogP contribution in [-0.4, -0.2) is 59.9 Å². The molecule has 3 aromatic rings. The van der Waals surface area contributed by atoms with Gasteiger partial charge in [0.15, 0.2) is 10.8 Å². The Balaban J connectivity index is 1.70. The molecule has 38 heavy (non-hydrogen) atoms. The number of hydrogen-bond donors (Lipinski definition) is 2. The quantitative estimate of drug-likeness (QED) is 0.456. The predicted molar refractivity (Wildman–Crippen MR) is 146 cm³/mol. The largest absolute Gasteiger partial charge is 0.340 e. The van der Waals surface area contributed by atoms with Gasteiger partial charge < -0.3 is 16.0 Å². The molecule has 1 saturated heterocycles. The van der Waals surface area contributed by atoms with Crippen molar-refractivity contribution in [2.24, 2.45) is 11.7 Å². The normalized spacial score (nSPS) is 19.7. The lowest BCUT2D eigenvalue weighted by Gasteiger charge is -2.36. The maximum atomic E-state index is 14.0. The second-order valence-electron chi connectivity index (χ2n) is 9.91. The molecule has 11 heteroatoms. The number of hydrogen-bond acceptors (Lipinski definition) is 8. The van der Waals surface area contributed by atoms with Crippen molar-refractivity contribution in [2.75, 3.05) is 6.54 Å². The van der Waals surface area contributed by atoms with E-state index in [1.165, 1.54) is 29.7 Å². The molecule has 3 atom stereocenters. The number of amides is 2. The Labute approximate surface area is 226 Å². The molecule has 0 saturated carbocycles. The van der Waals surface area contributed by atoms with E-state index in [0.717, 1.165) is 15.0 Å². The van der Waals surface area contributed by atoms with E-state index in [1.54, 1.807) is 12.1 Å². The zero-order valence-corrected chi connectivity index (χ0v) is 23.0. The van der Waals surface area contributed by atoms with Gasteiger partial charge in [-0.3, -0.25) is 14.4 Å². The summed E-state index contributed by atoms with van der Waals surface area (Å²) in [6, 6.07) is 11.6. The Hall–Kier alpha value is -3.15. The highest BCUT2D eigenvalue weighted by atomic mass is 32.2. The summed E-state index contributed by atoms with van der Waals surface area (Å²) in [5, 5.41) is 1.61. The van der Waals surface area contributed by atoms with Gasteiger partial charge in [-0.2, -0.15) is 0 Å². The summed E-state index contributed by atoms with van der Waals surface area (Å²) in [5.74, 6) is -1.79. The molecule has 0 bridgehead atoms. The minimum Gasteiger partial charge on any atom is -0.340 e. The Bertz CT molecular complexity index is 1390. The molecule has 0 aliphatic carbocycles. The van der Waals surface area contributed by atoms with Gasteiger partial charge in [-0.1, -0.05) is 38.1 Å². The van der Waals surface area contributed by atoms with Crippen LogP contribution in [0.3, 0.4) is 0 Å². The molecule has 202 valence electrons. The highest BCUT2D eigenvalue weighted by Gasteiger charge is 2.46. The number of fused-ring (bicyclic) bond motifs is 1. The van der Waals surface area contributed by atoms with Gasteiger partial charge in [0.1, 0.15) is 6.04 Å². The number of carbonyl (C=O) groups excluding carboxylic acids is 3. The molecule has 9 nitrogen and oxygen atoms in total. The molecule has 1 aliphatic heterocycles. The van der Waals surface area contributed by atoms with Crippen LogP contribution in [0, 0.1) is 5.92 Å². The van der Waals surface area contributed by atoms with Crippen LogP contribution in [0.2, 0.25) is 0 Å². The van der Waals surface area contributed by atoms with Crippen LogP contribution in [0.5, 0.6) is 0 Å². The molecule has 2 amide bonds. The van der Waals surface area contributed by atoms with Crippen molar-refractivity contribution in [3.63, 3.8) is 0 Å². The van der Waals surface area contributed by atoms with Crippen molar-refractivity contribution < 1.29 is 22.8 Å². The fourth-order valence-corrected chi connectivity index (χ4v) is 7.33. The molecule has 3 heterocycles. The summed E-state index contributed by atoms with van der Waals surface area (Å²) in [6.07, 6.45) is 2.95. The van der Waals surface area contributed by atoms with Crippen molar-refractivity contribution in [3.05, 3.63) is 59.6 Å². The van der Waals surface area contributed by atoms with Crippen LogP contribution in [0.1, 0.15) is 49.2 Å². The van der Waals surface area contributed by atoms with Gasteiger partial charge in [0.25, 0.3) is 5.91 Å². The number of nitrogens with one attached hydrogen (secondary N) is 1. The summed E-state index contributed by atoms with van der Waals surface area (Å²) < 4.78 is 28.3. The first-order valence-corrected chi connectivity index (χ1v) is 15.0. The van der Waals surface area contributed by atoms with E-state index in [9.17, 15) is 22.8 Å². The number of sulfone groups is 1. The fraction of sp³-hybridized carbons (Fsp3) is 0.407. The van der Waals surface area contributed by atoms with Crippen molar-refractivity contribution >= 4 is 48.9 Å². The SMILES string of the molecule is CC(C)C[C@H](NC(=O)c1cc2ccccc2s1)C(=O)N1CCCCC(N)C(=O)C1S(=O)(=O)c1ccccn1. The van der Waals surface area contributed by atoms with Gasteiger partial charge in [0, 0.05) is 17.4 Å². The van der Waals surface area contributed by atoms with Crippen LogP contribution >= 0.6 is 11.3 Å². The van der Waals surface area contributed by atoms with Crippen LogP contribution in [0.25, 0.3) is 10.1 Å². The number of benzene rings is 1. The Morgan fingerprint density at radius 3 is 2.58 bits per heavy atom.